The fourth-order valence-electron chi connectivity index (χ4n) is 0.854. The SMILES string of the molecule is CC.CC.COc1ccc(C)cc1N. The van der Waals surface area contributed by atoms with Crippen LogP contribution in [0.5, 0.6) is 5.75 Å². The number of hydrogen-bond acceptors (Lipinski definition) is 2. The van der Waals surface area contributed by atoms with Gasteiger partial charge in [0.25, 0.3) is 0 Å². The lowest BCUT2D eigenvalue weighted by molar-refractivity contribution is 0.417. The molecule has 14 heavy (non-hydrogen) atoms. The number of aryl methyl sites for hydroxylation is 1. The maximum atomic E-state index is 5.61. The minimum absolute atomic E-state index is 0.697. The summed E-state index contributed by atoms with van der Waals surface area (Å²) >= 11 is 0. The van der Waals surface area contributed by atoms with Gasteiger partial charge in [0.05, 0.1) is 12.8 Å². The summed E-state index contributed by atoms with van der Waals surface area (Å²) in [6, 6.07) is 5.72. The van der Waals surface area contributed by atoms with E-state index in [0.29, 0.717) is 5.69 Å². The number of methoxy groups -OCH3 is 1. The Labute approximate surface area is 88.1 Å². The molecule has 1 aromatic carbocycles. The van der Waals surface area contributed by atoms with Gasteiger partial charge in [0.2, 0.25) is 0 Å². The van der Waals surface area contributed by atoms with Gasteiger partial charge in [-0.15, -0.1) is 0 Å². The lowest BCUT2D eigenvalue weighted by Crippen LogP contribution is -1.91. The molecule has 0 aliphatic carbocycles. The van der Waals surface area contributed by atoms with Crippen molar-refractivity contribution in [2.75, 3.05) is 12.8 Å². The predicted molar refractivity (Wildman–Crippen MR) is 64.8 cm³/mol. The van der Waals surface area contributed by atoms with Crippen LogP contribution in [0.15, 0.2) is 18.2 Å². The Bertz CT molecular complexity index is 234. The molecule has 0 saturated heterocycles. The Morgan fingerprint density at radius 3 is 1.93 bits per heavy atom. The van der Waals surface area contributed by atoms with Crippen LogP contribution in [0.1, 0.15) is 33.3 Å². The van der Waals surface area contributed by atoms with Crippen LogP contribution in [0.25, 0.3) is 0 Å². The molecule has 0 aliphatic rings. The first-order valence-electron chi connectivity index (χ1n) is 5.14. The summed E-state index contributed by atoms with van der Waals surface area (Å²) in [6.45, 7) is 10.00. The monoisotopic (exact) mass is 197 g/mol. The van der Waals surface area contributed by atoms with Crippen LogP contribution < -0.4 is 10.5 Å². The highest BCUT2D eigenvalue weighted by atomic mass is 16.5. The number of nitrogen functional groups attached to an aromatic ring is 1. The molecule has 0 amide bonds. The van der Waals surface area contributed by atoms with Crippen LogP contribution in [0.4, 0.5) is 5.69 Å². The molecule has 1 aromatic rings. The maximum Gasteiger partial charge on any atom is 0.141 e. The molecule has 0 bridgehead atoms. The number of nitrogens with two attached hydrogens (primary N) is 1. The number of anilines is 1. The predicted octanol–water partition coefficient (Wildman–Crippen LogP) is 3.64. The van der Waals surface area contributed by atoms with Crippen LogP contribution in [0.3, 0.4) is 0 Å². The third kappa shape index (κ3) is 5.46. The smallest absolute Gasteiger partial charge is 0.141 e. The van der Waals surface area contributed by atoms with Gasteiger partial charge in [-0.2, -0.15) is 0 Å². The molecule has 1 rings (SSSR count). The Morgan fingerprint density at radius 2 is 1.57 bits per heavy atom. The van der Waals surface area contributed by atoms with Crippen molar-refractivity contribution < 1.29 is 4.74 Å². The van der Waals surface area contributed by atoms with Crippen molar-refractivity contribution in [3.05, 3.63) is 23.8 Å². The average Bonchev–Trinajstić information content (AvgIpc) is 2.24. The molecular weight excluding hydrogens is 174 g/mol. The Kier molecular flexibility index (Phi) is 10.8. The Balaban J connectivity index is 0. The summed E-state index contributed by atoms with van der Waals surface area (Å²) < 4.78 is 4.97. The first-order valence-corrected chi connectivity index (χ1v) is 5.14. The first-order chi connectivity index (χ1) is 6.74. The van der Waals surface area contributed by atoms with Gasteiger partial charge in [-0.1, -0.05) is 33.8 Å². The zero-order valence-electron chi connectivity index (χ0n) is 10.2. The van der Waals surface area contributed by atoms with Gasteiger partial charge in [0, 0.05) is 0 Å². The number of benzene rings is 1. The van der Waals surface area contributed by atoms with Crippen molar-refractivity contribution in [2.24, 2.45) is 0 Å². The van der Waals surface area contributed by atoms with E-state index in [-0.39, 0.29) is 0 Å². The van der Waals surface area contributed by atoms with Gasteiger partial charge in [-0.3, -0.25) is 0 Å². The average molecular weight is 197 g/mol. The van der Waals surface area contributed by atoms with Crippen LogP contribution in [0, 0.1) is 6.92 Å². The third-order valence-corrected chi connectivity index (χ3v) is 1.39. The molecule has 0 aromatic heterocycles. The summed E-state index contributed by atoms with van der Waals surface area (Å²) in [5, 5.41) is 0. The maximum absolute atomic E-state index is 5.61. The second kappa shape index (κ2) is 9.90. The van der Waals surface area contributed by atoms with Gasteiger partial charge in [0.15, 0.2) is 0 Å². The summed E-state index contributed by atoms with van der Waals surface area (Å²) in [5.74, 6) is 0.741. The zero-order chi connectivity index (χ0) is 11.6. The second-order valence-electron chi connectivity index (χ2n) is 2.25. The van der Waals surface area contributed by atoms with E-state index in [2.05, 4.69) is 0 Å². The summed E-state index contributed by atoms with van der Waals surface area (Å²) in [7, 11) is 1.61. The van der Waals surface area contributed by atoms with E-state index in [1.165, 1.54) is 0 Å². The van der Waals surface area contributed by atoms with Crippen LogP contribution in [-0.4, -0.2) is 7.11 Å². The van der Waals surface area contributed by atoms with Crippen molar-refractivity contribution in [3.63, 3.8) is 0 Å². The molecule has 0 fully saturated rings. The second-order valence-corrected chi connectivity index (χ2v) is 2.25. The highest BCUT2D eigenvalue weighted by Crippen LogP contribution is 2.20. The first kappa shape index (κ1) is 15.3. The van der Waals surface area contributed by atoms with Crippen molar-refractivity contribution in [3.8, 4) is 5.75 Å². The molecule has 0 heterocycles. The number of hydrogen-bond donors (Lipinski definition) is 1. The minimum Gasteiger partial charge on any atom is -0.495 e. The number of ether oxygens (including phenoxy) is 1. The van der Waals surface area contributed by atoms with Gasteiger partial charge in [-0.05, 0) is 24.6 Å². The third-order valence-electron chi connectivity index (χ3n) is 1.39. The van der Waals surface area contributed by atoms with Crippen molar-refractivity contribution in [2.45, 2.75) is 34.6 Å². The Hall–Kier alpha value is -1.18. The van der Waals surface area contributed by atoms with E-state index in [1.807, 2.05) is 52.8 Å². The molecule has 0 saturated carbocycles. The molecule has 0 atom stereocenters. The van der Waals surface area contributed by atoms with Gasteiger partial charge >= 0.3 is 0 Å². The molecule has 2 N–H and O–H groups in total. The van der Waals surface area contributed by atoms with E-state index in [1.54, 1.807) is 7.11 Å². The molecule has 2 nitrogen and oxygen atoms in total. The van der Waals surface area contributed by atoms with Crippen molar-refractivity contribution in [1.29, 1.82) is 0 Å². The van der Waals surface area contributed by atoms with E-state index in [9.17, 15) is 0 Å². The highest BCUT2D eigenvalue weighted by molar-refractivity contribution is 5.53. The molecule has 0 radical (unpaired) electrons. The normalized spacial score (nSPS) is 7.57. The standard InChI is InChI=1S/C8H11NO.2C2H6/c1-6-3-4-8(10-2)7(9)5-6;2*1-2/h3-5H,9H2,1-2H3;2*1-2H3. The summed E-state index contributed by atoms with van der Waals surface area (Å²) in [6.07, 6.45) is 0. The van der Waals surface area contributed by atoms with E-state index < -0.39 is 0 Å². The van der Waals surface area contributed by atoms with E-state index >= 15 is 0 Å². The highest BCUT2D eigenvalue weighted by Gasteiger charge is 1.95. The van der Waals surface area contributed by atoms with Gasteiger partial charge in [-0.25, -0.2) is 0 Å². The van der Waals surface area contributed by atoms with Gasteiger partial charge < -0.3 is 10.5 Å². The van der Waals surface area contributed by atoms with Crippen LogP contribution in [0.2, 0.25) is 0 Å². The van der Waals surface area contributed by atoms with Crippen LogP contribution in [-0.2, 0) is 0 Å². The van der Waals surface area contributed by atoms with Crippen LogP contribution >= 0.6 is 0 Å². The number of rotatable bonds is 1. The molecule has 0 aliphatic heterocycles. The largest absolute Gasteiger partial charge is 0.495 e. The fourth-order valence-corrected chi connectivity index (χ4v) is 0.854. The topological polar surface area (TPSA) is 35.2 Å². The molecule has 2 heteroatoms. The van der Waals surface area contributed by atoms with Crippen molar-refractivity contribution in [1.82, 2.24) is 0 Å². The molecular formula is C12H23NO. The molecule has 0 spiro atoms. The van der Waals surface area contributed by atoms with E-state index in [0.717, 1.165) is 11.3 Å². The van der Waals surface area contributed by atoms with Gasteiger partial charge in [0.1, 0.15) is 5.75 Å². The summed E-state index contributed by atoms with van der Waals surface area (Å²) in [4.78, 5) is 0. The zero-order valence-corrected chi connectivity index (χ0v) is 10.2. The Morgan fingerprint density at radius 1 is 1.07 bits per heavy atom. The van der Waals surface area contributed by atoms with E-state index in [4.69, 9.17) is 10.5 Å². The molecule has 0 unspecified atom stereocenters. The molecule has 82 valence electrons. The quantitative estimate of drug-likeness (QED) is 0.698. The fraction of sp³-hybridized carbons (Fsp3) is 0.500. The van der Waals surface area contributed by atoms with Crippen molar-refractivity contribution >= 4 is 5.69 Å². The lowest BCUT2D eigenvalue weighted by atomic mass is 10.2. The minimum atomic E-state index is 0.697. The lowest BCUT2D eigenvalue weighted by Gasteiger charge is -2.03. The summed E-state index contributed by atoms with van der Waals surface area (Å²) in [5.41, 5.74) is 7.45.